The van der Waals surface area contributed by atoms with Gasteiger partial charge < -0.3 is 9.47 Å². The maximum atomic E-state index is 12.2. The van der Waals surface area contributed by atoms with Crippen molar-refractivity contribution in [1.82, 2.24) is 0 Å². The topological polar surface area (TPSA) is 52.6 Å². The third-order valence-corrected chi connectivity index (χ3v) is 3.81. The van der Waals surface area contributed by atoms with Crippen LogP contribution in [0.3, 0.4) is 0 Å². The van der Waals surface area contributed by atoms with Gasteiger partial charge in [-0.15, -0.1) is 0 Å². The number of hydrogen-bond acceptors (Lipinski definition) is 4. The summed E-state index contributed by atoms with van der Waals surface area (Å²) >= 11 is 0. The Hall–Kier alpha value is -3.09. The SMILES string of the molecule is CC(=O)C=Cc1ccc(C(=O)Oc2ccc(OCCCCC(F)(F)F)cc2)cc1. The molecule has 4 nitrogen and oxygen atoms in total. The van der Waals surface area contributed by atoms with E-state index in [0.717, 1.165) is 5.56 Å². The standard InChI is InChI=1S/C22H21F3O4/c1-16(26)4-5-17-6-8-18(9-7-17)21(27)29-20-12-10-19(11-13-20)28-15-3-2-14-22(23,24)25/h4-13H,2-3,14-15H2,1H3. The van der Waals surface area contributed by atoms with Crippen molar-refractivity contribution in [3.63, 3.8) is 0 Å². The number of halogens is 3. The zero-order valence-electron chi connectivity index (χ0n) is 15.9. The Kier molecular flexibility index (Phi) is 8.00. The van der Waals surface area contributed by atoms with E-state index in [1.54, 1.807) is 54.6 Å². The van der Waals surface area contributed by atoms with E-state index < -0.39 is 18.6 Å². The molecule has 0 aliphatic carbocycles. The van der Waals surface area contributed by atoms with Crippen molar-refractivity contribution < 1.29 is 32.2 Å². The summed E-state index contributed by atoms with van der Waals surface area (Å²) < 4.78 is 46.9. The number of alkyl halides is 3. The zero-order valence-corrected chi connectivity index (χ0v) is 15.9. The number of esters is 1. The van der Waals surface area contributed by atoms with Crippen molar-refractivity contribution in [3.05, 3.63) is 65.7 Å². The van der Waals surface area contributed by atoms with Crippen LogP contribution < -0.4 is 9.47 Å². The lowest BCUT2D eigenvalue weighted by Crippen LogP contribution is -2.08. The van der Waals surface area contributed by atoms with Crippen molar-refractivity contribution in [2.45, 2.75) is 32.4 Å². The van der Waals surface area contributed by atoms with Crippen LogP contribution in [0.1, 0.15) is 42.1 Å². The Morgan fingerprint density at radius 2 is 1.55 bits per heavy atom. The van der Waals surface area contributed by atoms with E-state index in [-0.39, 0.29) is 18.8 Å². The first-order chi connectivity index (χ1) is 13.7. The van der Waals surface area contributed by atoms with Gasteiger partial charge >= 0.3 is 12.1 Å². The molecule has 29 heavy (non-hydrogen) atoms. The molecular weight excluding hydrogens is 385 g/mol. The number of carbonyl (C=O) groups is 2. The Bertz CT molecular complexity index is 838. The first-order valence-corrected chi connectivity index (χ1v) is 9.03. The third-order valence-electron chi connectivity index (χ3n) is 3.81. The van der Waals surface area contributed by atoms with Crippen LogP contribution in [0.15, 0.2) is 54.6 Å². The fourth-order valence-electron chi connectivity index (χ4n) is 2.33. The van der Waals surface area contributed by atoms with Crippen molar-refractivity contribution >= 4 is 17.8 Å². The van der Waals surface area contributed by atoms with Gasteiger partial charge in [0.25, 0.3) is 0 Å². The lowest BCUT2D eigenvalue weighted by molar-refractivity contribution is -0.135. The molecule has 2 aromatic rings. The minimum absolute atomic E-state index is 0.0164. The molecule has 0 fully saturated rings. The first-order valence-electron chi connectivity index (χ1n) is 9.03. The van der Waals surface area contributed by atoms with E-state index in [1.165, 1.54) is 13.0 Å². The number of ketones is 1. The second kappa shape index (κ2) is 10.5. The monoisotopic (exact) mass is 406 g/mol. The molecule has 0 atom stereocenters. The molecule has 0 heterocycles. The molecule has 0 saturated heterocycles. The summed E-state index contributed by atoms with van der Waals surface area (Å²) in [5, 5.41) is 0. The normalized spacial score (nSPS) is 11.4. The molecule has 0 bridgehead atoms. The smallest absolute Gasteiger partial charge is 0.389 e. The summed E-state index contributed by atoms with van der Waals surface area (Å²) in [6.45, 7) is 1.63. The molecule has 0 aliphatic rings. The van der Waals surface area contributed by atoms with Gasteiger partial charge in [0.1, 0.15) is 11.5 Å². The van der Waals surface area contributed by atoms with Crippen LogP contribution in [0.25, 0.3) is 6.08 Å². The van der Waals surface area contributed by atoms with Gasteiger partial charge in [-0.3, -0.25) is 4.79 Å². The second-order valence-corrected chi connectivity index (χ2v) is 6.35. The highest BCUT2D eigenvalue weighted by atomic mass is 19.4. The number of ether oxygens (including phenoxy) is 2. The van der Waals surface area contributed by atoms with Crippen LogP contribution in [-0.4, -0.2) is 24.5 Å². The predicted molar refractivity (Wildman–Crippen MR) is 103 cm³/mol. The maximum absolute atomic E-state index is 12.2. The molecule has 0 saturated carbocycles. The van der Waals surface area contributed by atoms with Crippen LogP contribution in [0.5, 0.6) is 11.5 Å². The van der Waals surface area contributed by atoms with Gasteiger partial charge in [0.05, 0.1) is 12.2 Å². The predicted octanol–water partition coefficient (Wildman–Crippen LogP) is 5.62. The van der Waals surface area contributed by atoms with Crippen LogP contribution in [-0.2, 0) is 4.79 Å². The number of allylic oxidation sites excluding steroid dienone is 1. The Morgan fingerprint density at radius 3 is 2.14 bits per heavy atom. The molecule has 2 aromatic carbocycles. The first kappa shape index (κ1) is 22.2. The second-order valence-electron chi connectivity index (χ2n) is 6.35. The molecule has 0 spiro atoms. The molecule has 0 aliphatic heterocycles. The summed E-state index contributed by atoms with van der Waals surface area (Å²) in [5.74, 6) is 0.202. The molecule has 154 valence electrons. The van der Waals surface area contributed by atoms with Gasteiger partial charge in [-0.25, -0.2) is 4.79 Å². The van der Waals surface area contributed by atoms with Crippen molar-refractivity contribution in [1.29, 1.82) is 0 Å². The third kappa shape index (κ3) is 8.64. The van der Waals surface area contributed by atoms with Crippen LogP contribution in [0.2, 0.25) is 0 Å². The highest BCUT2D eigenvalue weighted by molar-refractivity contribution is 5.93. The molecule has 2 rings (SSSR count). The van der Waals surface area contributed by atoms with Gasteiger partial charge in [-0.1, -0.05) is 18.2 Å². The van der Waals surface area contributed by atoms with Gasteiger partial charge in [0.15, 0.2) is 5.78 Å². The lowest BCUT2D eigenvalue weighted by atomic mass is 10.1. The highest BCUT2D eigenvalue weighted by Gasteiger charge is 2.25. The van der Waals surface area contributed by atoms with E-state index in [1.807, 2.05) is 0 Å². The van der Waals surface area contributed by atoms with Crippen molar-refractivity contribution in [2.75, 3.05) is 6.61 Å². The average molecular weight is 406 g/mol. The minimum atomic E-state index is -4.14. The molecule has 0 unspecified atom stereocenters. The maximum Gasteiger partial charge on any atom is 0.389 e. The summed E-state index contributed by atoms with van der Waals surface area (Å²) in [6.07, 6.45) is -1.56. The molecule has 0 N–H and O–H groups in total. The number of unbranched alkanes of at least 4 members (excludes halogenated alkanes) is 1. The summed E-state index contributed by atoms with van der Waals surface area (Å²) in [5.41, 5.74) is 1.14. The number of benzene rings is 2. The summed E-state index contributed by atoms with van der Waals surface area (Å²) in [4.78, 5) is 23.1. The van der Waals surface area contributed by atoms with Crippen molar-refractivity contribution in [2.24, 2.45) is 0 Å². The van der Waals surface area contributed by atoms with Gasteiger partial charge in [0.2, 0.25) is 0 Å². The largest absolute Gasteiger partial charge is 0.494 e. The van der Waals surface area contributed by atoms with E-state index >= 15 is 0 Å². The average Bonchev–Trinajstić information content (AvgIpc) is 2.67. The molecule has 0 aromatic heterocycles. The molecular formula is C22H21F3O4. The number of hydrogen-bond donors (Lipinski definition) is 0. The van der Waals surface area contributed by atoms with Gasteiger partial charge in [0, 0.05) is 6.42 Å². The van der Waals surface area contributed by atoms with E-state index in [2.05, 4.69) is 0 Å². The van der Waals surface area contributed by atoms with Crippen LogP contribution in [0.4, 0.5) is 13.2 Å². The Labute approximate surface area is 166 Å². The fourth-order valence-corrected chi connectivity index (χ4v) is 2.33. The minimum Gasteiger partial charge on any atom is -0.494 e. The van der Waals surface area contributed by atoms with E-state index in [0.29, 0.717) is 23.5 Å². The molecule has 0 radical (unpaired) electrons. The Balaban J connectivity index is 1.81. The summed E-state index contributed by atoms with van der Waals surface area (Å²) in [6, 6.07) is 12.9. The van der Waals surface area contributed by atoms with Crippen LogP contribution in [0, 0.1) is 0 Å². The van der Waals surface area contributed by atoms with Crippen LogP contribution >= 0.6 is 0 Å². The van der Waals surface area contributed by atoms with Gasteiger partial charge in [-0.05, 0) is 67.8 Å². The summed E-state index contributed by atoms with van der Waals surface area (Å²) in [7, 11) is 0. The van der Waals surface area contributed by atoms with Gasteiger partial charge in [-0.2, -0.15) is 13.2 Å². The lowest BCUT2D eigenvalue weighted by Gasteiger charge is -2.09. The zero-order chi connectivity index (χ0) is 21.3. The fraction of sp³-hybridized carbons (Fsp3) is 0.273. The highest BCUT2D eigenvalue weighted by Crippen LogP contribution is 2.23. The van der Waals surface area contributed by atoms with E-state index in [9.17, 15) is 22.8 Å². The number of rotatable bonds is 9. The molecule has 7 heteroatoms. The number of carbonyl (C=O) groups excluding carboxylic acids is 2. The molecule has 0 amide bonds. The van der Waals surface area contributed by atoms with E-state index in [4.69, 9.17) is 9.47 Å². The quantitative estimate of drug-likeness (QED) is 0.235. The Morgan fingerprint density at radius 1 is 0.931 bits per heavy atom. The van der Waals surface area contributed by atoms with Crippen molar-refractivity contribution in [3.8, 4) is 11.5 Å².